The fourth-order valence-corrected chi connectivity index (χ4v) is 8.27. The Kier molecular flexibility index (Phi) is 8.69. The highest BCUT2D eigenvalue weighted by atomic mass is 16.1. The van der Waals surface area contributed by atoms with Crippen LogP contribution in [0, 0.1) is 0 Å². The summed E-state index contributed by atoms with van der Waals surface area (Å²) in [5, 5.41) is 8.61. The maximum absolute atomic E-state index is 11.4. The summed E-state index contributed by atoms with van der Waals surface area (Å²) in [7, 11) is 4.23. The first-order chi connectivity index (χ1) is 23.8. The lowest BCUT2D eigenvalue weighted by atomic mass is 9.72. The zero-order valence-corrected chi connectivity index (χ0v) is 28.9. The van der Waals surface area contributed by atoms with Crippen molar-refractivity contribution >= 4 is 39.2 Å². The Hall–Kier alpha value is -5.41. The van der Waals surface area contributed by atoms with E-state index < -0.39 is 0 Å². The van der Waals surface area contributed by atoms with Crippen molar-refractivity contribution in [2.45, 2.75) is 43.9 Å². The molecule has 0 bridgehead atoms. The van der Waals surface area contributed by atoms with E-state index in [4.69, 9.17) is 0 Å². The highest BCUT2D eigenvalue weighted by Gasteiger charge is 2.43. The number of likely N-dealkylation sites (N-methyl/N-ethyl adjacent to an activating group) is 1. The predicted molar refractivity (Wildman–Crippen MR) is 208 cm³/mol. The maximum Gasteiger partial charge on any atom is 0.150 e. The van der Waals surface area contributed by atoms with Crippen LogP contribution in [0.25, 0.3) is 21.5 Å². The molecule has 0 aromatic heterocycles. The third-order valence-electron chi connectivity index (χ3n) is 10.6. The largest absolute Gasteiger partial charge is 0.388 e. The molecular weight excluding hydrogens is 597 g/mol. The van der Waals surface area contributed by atoms with Crippen LogP contribution in [0.5, 0.6) is 0 Å². The second-order valence-corrected chi connectivity index (χ2v) is 14.0. The first-order valence-corrected chi connectivity index (χ1v) is 17.3. The SMILES string of the molecule is CNc1ccc2ccccc2c1C(C)(C/C=C/C=C1/N(C)c2ccc3ccccc3c2C1(C)Cc1ccccc1)Cc1ccc(C=O)cc1. The average molecular weight is 641 g/mol. The molecule has 0 aliphatic carbocycles. The van der Waals surface area contributed by atoms with Crippen LogP contribution < -0.4 is 10.2 Å². The van der Waals surface area contributed by atoms with Gasteiger partial charge in [-0.15, -0.1) is 0 Å². The zero-order chi connectivity index (χ0) is 34.0. The molecule has 3 nitrogen and oxygen atoms in total. The van der Waals surface area contributed by atoms with E-state index in [2.05, 4.69) is 165 Å². The molecule has 1 N–H and O–H groups in total. The first-order valence-electron chi connectivity index (χ1n) is 17.3. The van der Waals surface area contributed by atoms with Crippen LogP contribution in [0.2, 0.25) is 0 Å². The monoisotopic (exact) mass is 640 g/mol. The lowest BCUT2D eigenvalue weighted by Crippen LogP contribution is -2.29. The van der Waals surface area contributed by atoms with Gasteiger partial charge in [0, 0.05) is 47.6 Å². The van der Waals surface area contributed by atoms with E-state index >= 15 is 0 Å². The molecule has 0 amide bonds. The smallest absolute Gasteiger partial charge is 0.150 e. The minimum absolute atomic E-state index is 0.213. The summed E-state index contributed by atoms with van der Waals surface area (Å²) in [6.07, 6.45) is 10.5. The molecule has 0 radical (unpaired) electrons. The Morgan fingerprint density at radius 1 is 0.755 bits per heavy atom. The third kappa shape index (κ3) is 5.95. The molecule has 2 atom stereocenters. The molecule has 49 heavy (non-hydrogen) atoms. The summed E-state index contributed by atoms with van der Waals surface area (Å²) in [5.41, 5.74) is 9.23. The summed E-state index contributed by atoms with van der Waals surface area (Å²) < 4.78 is 0. The van der Waals surface area contributed by atoms with Crippen molar-refractivity contribution in [2.75, 3.05) is 24.3 Å². The highest BCUT2D eigenvalue weighted by Crippen LogP contribution is 2.52. The number of allylic oxidation sites excluding steroid dienone is 4. The molecule has 6 aromatic carbocycles. The summed E-state index contributed by atoms with van der Waals surface area (Å²) in [6.45, 7) is 4.79. The van der Waals surface area contributed by atoms with E-state index in [1.165, 1.54) is 55.2 Å². The second-order valence-electron chi connectivity index (χ2n) is 14.0. The number of rotatable bonds is 10. The van der Waals surface area contributed by atoms with Crippen molar-refractivity contribution in [3.05, 3.63) is 179 Å². The molecular formula is C46H44N2O. The Morgan fingerprint density at radius 3 is 2.12 bits per heavy atom. The van der Waals surface area contributed by atoms with Gasteiger partial charge in [0.25, 0.3) is 0 Å². The molecule has 244 valence electrons. The van der Waals surface area contributed by atoms with Gasteiger partial charge in [0.1, 0.15) is 6.29 Å². The van der Waals surface area contributed by atoms with Crippen LogP contribution in [0.15, 0.2) is 151 Å². The number of hydrogen-bond acceptors (Lipinski definition) is 3. The Morgan fingerprint density at radius 2 is 1.41 bits per heavy atom. The predicted octanol–water partition coefficient (Wildman–Crippen LogP) is 10.8. The van der Waals surface area contributed by atoms with Gasteiger partial charge in [-0.05, 0) is 88.2 Å². The van der Waals surface area contributed by atoms with Crippen molar-refractivity contribution in [3.8, 4) is 0 Å². The minimum atomic E-state index is -0.231. The van der Waals surface area contributed by atoms with Crippen LogP contribution in [0.1, 0.15) is 52.9 Å². The van der Waals surface area contributed by atoms with E-state index in [-0.39, 0.29) is 10.8 Å². The highest BCUT2D eigenvalue weighted by molar-refractivity contribution is 5.95. The molecule has 0 fully saturated rings. The fourth-order valence-electron chi connectivity index (χ4n) is 8.27. The zero-order valence-electron chi connectivity index (χ0n) is 28.9. The topological polar surface area (TPSA) is 32.3 Å². The van der Waals surface area contributed by atoms with Crippen molar-refractivity contribution in [2.24, 2.45) is 0 Å². The summed E-state index contributed by atoms with van der Waals surface area (Å²) >= 11 is 0. The number of aldehydes is 1. The van der Waals surface area contributed by atoms with E-state index in [0.29, 0.717) is 5.56 Å². The Balaban J connectivity index is 1.31. The van der Waals surface area contributed by atoms with Crippen LogP contribution in [-0.2, 0) is 23.7 Å². The number of benzene rings is 6. The van der Waals surface area contributed by atoms with Gasteiger partial charge in [-0.25, -0.2) is 0 Å². The Bertz CT molecular complexity index is 2200. The third-order valence-corrected chi connectivity index (χ3v) is 10.6. The molecule has 0 saturated heterocycles. The number of nitrogens with zero attached hydrogens (tertiary/aromatic N) is 1. The van der Waals surface area contributed by atoms with E-state index in [0.717, 1.165) is 31.2 Å². The van der Waals surface area contributed by atoms with Gasteiger partial charge in [-0.2, -0.15) is 0 Å². The number of carbonyl (C=O) groups excluding carboxylic acids is 1. The van der Waals surface area contributed by atoms with Crippen LogP contribution in [0.3, 0.4) is 0 Å². The Labute approximate surface area is 290 Å². The van der Waals surface area contributed by atoms with Gasteiger partial charge in [0.05, 0.1) is 0 Å². The summed E-state index contributed by atoms with van der Waals surface area (Å²) in [6, 6.07) is 45.4. The van der Waals surface area contributed by atoms with Gasteiger partial charge in [0.2, 0.25) is 0 Å². The van der Waals surface area contributed by atoms with Gasteiger partial charge in [-0.3, -0.25) is 4.79 Å². The van der Waals surface area contributed by atoms with E-state index in [9.17, 15) is 4.79 Å². The molecule has 0 saturated carbocycles. The number of fused-ring (bicyclic) bond motifs is 4. The molecule has 1 aliphatic rings. The average Bonchev–Trinajstić information content (AvgIpc) is 3.35. The van der Waals surface area contributed by atoms with Crippen molar-refractivity contribution in [1.82, 2.24) is 0 Å². The van der Waals surface area contributed by atoms with Crippen LogP contribution in [0.4, 0.5) is 11.4 Å². The van der Waals surface area contributed by atoms with E-state index in [1.54, 1.807) is 0 Å². The van der Waals surface area contributed by atoms with Crippen LogP contribution in [-0.4, -0.2) is 20.4 Å². The minimum Gasteiger partial charge on any atom is -0.388 e. The molecule has 2 unspecified atom stereocenters. The fraction of sp³-hybridized carbons (Fsp3) is 0.196. The molecule has 0 spiro atoms. The number of nitrogens with one attached hydrogen (secondary N) is 1. The van der Waals surface area contributed by atoms with E-state index in [1.807, 2.05) is 19.2 Å². The lowest BCUT2D eigenvalue weighted by molar-refractivity contribution is 0.112. The summed E-state index contributed by atoms with van der Waals surface area (Å²) in [4.78, 5) is 13.8. The number of anilines is 2. The first kappa shape index (κ1) is 32.2. The van der Waals surface area contributed by atoms with Gasteiger partial charge in [0.15, 0.2) is 0 Å². The second kappa shape index (κ2) is 13.2. The number of hydrogen-bond donors (Lipinski definition) is 1. The molecule has 1 heterocycles. The van der Waals surface area contributed by atoms with Gasteiger partial charge >= 0.3 is 0 Å². The molecule has 1 aliphatic heterocycles. The standard InChI is InChI=1S/C46H44N2O/c1-45(30-34-21-23-35(32-49)24-22-34,43-38-18-10-8-16-36(38)25-27-40(43)47-3)29-13-12-20-42-46(2,31-33-14-6-5-7-15-33)44-39-19-11-9-17-37(39)26-28-41(44)48(42)4/h5-28,32,47H,29-31H2,1-4H3/b13-12+,42-20+. The number of carbonyl (C=O) groups is 1. The van der Waals surface area contributed by atoms with Crippen molar-refractivity contribution in [3.63, 3.8) is 0 Å². The molecule has 3 heteroatoms. The maximum atomic E-state index is 11.4. The van der Waals surface area contributed by atoms with Crippen molar-refractivity contribution in [1.29, 1.82) is 0 Å². The van der Waals surface area contributed by atoms with Crippen molar-refractivity contribution < 1.29 is 4.79 Å². The molecule has 6 aromatic rings. The van der Waals surface area contributed by atoms with Crippen LogP contribution >= 0.6 is 0 Å². The normalized spacial score (nSPS) is 17.9. The molecule has 7 rings (SSSR count). The quantitative estimate of drug-likeness (QED) is 0.151. The summed E-state index contributed by atoms with van der Waals surface area (Å²) in [5.74, 6) is 0. The lowest BCUT2D eigenvalue weighted by Gasteiger charge is -2.33. The van der Waals surface area contributed by atoms with Gasteiger partial charge in [-0.1, -0.05) is 134 Å². The van der Waals surface area contributed by atoms with Gasteiger partial charge < -0.3 is 10.2 Å².